The van der Waals surface area contributed by atoms with Crippen LogP contribution in [0.3, 0.4) is 0 Å². The van der Waals surface area contributed by atoms with Gasteiger partial charge in [0.05, 0.1) is 10.6 Å². The van der Waals surface area contributed by atoms with Crippen molar-refractivity contribution in [3.05, 3.63) is 28.9 Å². The highest BCUT2D eigenvalue weighted by atomic mass is 35.5. The van der Waals surface area contributed by atoms with Gasteiger partial charge >= 0.3 is 6.18 Å². The number of halogens is 4. The summed E-state index contributed by atoms with van der Waals surface area (Å²) in [6, 6.07) is 1.86. The van der Waals surface area contributed by atoms with Crippen molar-refractivity contribution in [2.45, 2.75) is 6.18 Å². The van der Waals surface area contributed by atoms with E-state index in [2.05, 4.69) is 4.98 Å². The summed E-state index contributed by atoms with van der Waals surface area (Å²) in [6.45, 7) is 0. The van der Waals surface area contributed by atoms with Crippen molar-refractivity contribution in [2.75, 3.05) is 5.73 Å². The molecule has 0 saturated heterocycles. The highest BCUT2D eigenvalue weighted by Gasteiger charge is 2.31. The van der Waals surface area contributed by atoms with E-state index in [-0.39, 0.29) is 11.2 Å². The first-order chi connectivity index (χ1) is 6.89. The SMILES string of the molecule is Nc1cc(C(F)(F)F)cc2[nH]cc(Cl)c12. The van der Waals surface area contributed by atoms with Crippen molar-refractivity contribution in [1.29, 1.82) is 0 Å². The van der Waals surface area contributed by atoms with Crippen LogP contribution in [-0.2, 0) is 6.18 Å². The number of aromatic nitrogens is 1. The lowest BCUT2D eigenvalue weighted by Gasteiger charge is -2.08. The molecule has 0 radical (unpaired) electrons. The number of anilines is 1. The smallest absolute Gasteiger partial charge is 0.398 e. The van der Waals surface area contributed by atoms with Crippen LogP contribution in [-0.4, -0.2) is 4.98 Å². The molecule has 2 rings (SSSR count). The van der Waals surface area contributed by atoms with Crippen LogP contribution in [0.25, 0.3) is 10.9 Å². The molecule has 0 aliphatic carbocycles. The van der Waals surface area contributed by atoms with Gasteiger partial charge in [-0.2, -0.15) is 13.2 Å². The maximum absolute atomic E-state index is 12.4. The predicted molar refractivity (Wildman–Crippen MR) is 52.7 cm³/mol. The first-order valence-electron chi connectivity index (χ1n) is 4.03. The molecule has 0 aliphatic heterocycles. The van der Waals surface area contributed by atoms with E-state index in [1.54, 1.807) is 0 Å². The molecule has 1 aromatic heterocycles. The van der Waals surface area contributed by atoms with Gasteiger partial charge in [0, 0.05) is 22.8 Å². The molecular weight excluding hydrogens is 229 g/mol. The van der Waals surface area contributed by atoms with Gasteiger partial charge in [0.2, 0.25) is 0 Å². The number of hydrogen-bond acceptors (Lipinski definition) is 1. The van der Waals surface area contributed by atoms with E-state index in [0.717, 1.165) is 12.1 Å². The minimum Gasteiger partial charge on any atom is -0.398 e. The Labute approximate surface area is 87.8 Å². The molecule has 80 valence electrons. The molecule has 0 fully saturated rings. The van der Waals surface area contributed by atoms with Crippen LogP contribution in [0.15, 0.2) is 18.3 Å². The lowest BCUT2D eigenvalue weighted by atomic mass is 10.1. The van der Waals surface area contributed by atoms with Crippen molar-refractivity contribution >= 4 is 28.2 Å². The average molecular weight is 235 g/mol. The van der Waals surface area contributed by atoms with E-state index in [0.29, 0.717) is 10.4 Å². The fourth-order valence-electron chi connectivity index (χ4n) is 1.42. The zero-order chi connectivity index (χ0) is 11.2. The Balaban J connectivity index is 2.74. The van der Waals surface area contributed by atoms with Crippen molar-refractivity contribution in [3.8, 4) is 0 Å². The normalized spacial score (nSPS) is 12.3. The summed E-state index contributed by atoms with van der Waals surface area (Å²) < 4.78 is 37.2. The zero-order valence-corrected chi connectivity index (χ0v) is 8.08. The molecule has 0 bridgehead atoms. The summed E-state index contributed by atoms with van der Waals surface area (Å²) in [7, 11) is 0. The van der Waals surface area contributed by atoms with Gasteiger partial charge in [-0.1, -0.05) is 11.6 Å². The average Bonchev–Trinajstić information content (AvgIpc) is 2.46. The molecule has 1 aromatic carbocycles. The molecule has 0 saturated carbocycles. The topological polar surface area (TPSA) is 41.8 Å². The maximum Gasteiger partial charge on any atom is 0.416 e. The number of hydrogen-bond donors (Lipinski definition) is 2. The number of fused-ring (bicyclic) bond motifs is 1. The Hall–Kier alpha value is -1.36. The molecule has 6 heteroatoms. The number of nitrogens with one attached hydrogen (secondary N) is 1. The first kappa shape index (κ1) is 10.2. The number of nitrogen functional groups attached to an aromatic ring is 1. The summed E-state index contributed by atoms with van der Waals surface area (Å²) in [5, 5.41) is 0.737. The maximum atomic E-state index is 12.4. The highest BCUT2D eigenvalue weighted by Crippen LogP contribution is 2.36. The number of benzene rings is 1. The van der Waals surface area contributed by atoms with Gasteiger partial charge in [0.25, 0.3) is 0 Å². The van der Waals surface area contributed by atoms with Crippen LogP contribution in [0.1, 0.15) is 5.56 Å². The molecular formula is C9H6ClF3N2. The quantitative estimate of drug-likeness (QED) is 0.674. The van der Waals surface area contributed by atoms with E-state index in [1.807, 2.05) is 0 Å². The highest BCUT2D eigenvalue weighted by molar-refractivity contribution is 6.36. The van der Waals surface area contributed by atoms with E-state index in [9.17, 15) is 13.2 Å². The van der Waals surface area contributed by atoms with Crippen LogP contribution in [0, 0.1) is 0 Å². The van der Waals surface area contributed by atoms with E-state index in [1.165, 1.54) is 6.20 Å². The third-order valence-electron chi connectivity index (χ3n) is 2.09. The second-order valence-electron chi connectivity index (χ2n) is 3.12. The van der Waals surface area contributed by atoms with Gasteiger partial charge in [-0.25, -0.2) is 0 Å². The zero-order valence-electron chi connectivity index (χ0n) is 7.32. The van der Waals surface area contributed by atoms with E-state index in [4.69, 9.17) is 17.3 Å². The minimum atomic E-state index is -4.40. The number of nitrogens with two attached hydrogens (primary N) is 1. The molecule has 1 heterocycles. The van der Waals surface area contributed by atoms with Crippen molar-refractivity contribution in [3.63, 3.8) is 0 Å². The molecule has 2 nitrogen and oxygen atoms in total. The largest absolute Gasteiger partial charge is 0.416 e. The van der Waals surface area contributed by atoms with Crippen LogP contribution in [0.4, 0.5) is 18.9 Å². The molecule has 0 amide bonds. The van der Waals surface area contributed by atoms with Gasteiger partial charge in [-0.15, -0.1) is 0 Å². The first-order valence-corrected chi connectivity index (χ1v) is 4.40. The summed E-state index contributed by atoms with van der Waals surface area (Å²) in [6.07, 6.45) is -3.00. The Morgan fingerprint density at radius 2 is 1.93 bits per heavy atom. The Kier molecular flexibility index (Phi) is 2.08. The van der Waals surface area contributed by atoms with Gasteiger partial charge in [0.1, 0.15) is 0 Å². The molecule has 3 N–H and O–H groups in total. The fraction of sp³-hybridized carbons (Fsp3) is 0.111. The van der Waals surface area contributed by atoms with Crippen LogP contribution >= 0.6 is 11.6 Å². The fourth-order valence-corrected chi connectivity index (χ4v) is 1.69. The molecule has 0 atom stereocenters. The summed E-state index contributed by atoms with van der Waals surface area (Å²) in [5.74, 6) is 0. The summed E-state index contributed by atoms with van der Waals surface area (Å²) >= 11 is 5.75. The molecule has 0 spiro atoms. The Bertz CT molecular complexity index is 516. The van der Waals surface area contributed by atoms with Crippen molar-refractivity contribution in [2.24, 2.45) is 0 Å². The molecule has 15 heavy (non-hydrogen) atoms. The molecule has 0 aliphatic rings. The standard InChI is InChI=1S/C9H6ClF3N2/c10-5-3-15-7-2-4(9(11,12)13)1-6(14)8(5)7/h1-3,15H,14H2. The minimum absolute atomic E-state index is 0.0195. The predicted octanol–water partition coefficient (Wildman–Crippen LogP) is 3.42. The Morgan fingerprint density at radius 3 is 2.53 bits per heavy atom. The van der Waals surface area contributed by atoms with Gasteiger partial charge in [0.15, 0.2) is 0 Å². The number of H-pyrrole nitrogens is 1. The van der Waals surface area contributed by atoms with Gasteiger partial charge in [-0.3, -0.25) is 0 Å². The monoisotopic (exact) mass is 234 g/mol. The molecule has 0 unspecified atom stereocenters. The lowest BCUT2D eigenvalue weighted by molar-refractivity contribution is -0.137. The summed E-state index contributed by atoms with van der Waals surface area (Å²) in [4.78, 5) is 2.63. The van der Waals surface area contributed by atoms with Crippen LogP contribution in [0.5, 0.6) is 0 Å². The Morgan fingerprint density at radius 1 is 1.27 bits per heavy atom. The van der Waals surface area contributed by atoms with Crippen molar-refractivity contribution < 1.29 is 13.2 Å². The number of rotatable bonds is 0. The second-order valence-corrected chi connectivity index (χ2v) is 3.53. The van der Waals surface area contributed by atoms with Crippen molar-refractivity contribution in [1.82, 2.24) is 4.98 Å². The lowest BCUT2D eigenvalue weighted by Crippen LogP contribution is -2.05. The van der Waals surface area contributed by atoms with E-state index >= 15 is 0 Å². The molecule has 2 aromatic rings. The second kappa shape index (κ2) is 3.06. The van der Waals surface area contributed by atoms with Crippen LogP contribution in [0.2, 0.25) is 5.02 Å². The summed E-state index contributed by atoms with van der Waals surface area (Å²) in [5.41, 5.74) is 5.01. The van der Waals surface area contributed by atoms with Gasteiger partial charge < -0.3 is 10.7 Å². The third-order valence-corrected chi connectivity index (χ3v) is 2.39. The van der Waals surface area contributed by atoms with Gasteiger partial charge in [-0.05, 0) is 12.1 Å². The van der Waals surface area contributed by atoms with E-state index < -0.39 is 11.7 Å². The number of alkyl halides is 3. The van der Waals surface area contributed by atoms with Crippen LogP contribution < -0.4 is 5.73 Å². The number of aromatic amines is 1. The third kappa shape index (κ3) is 1.63.